The molecule has 168 valence electrons. The highest BCUT2D eigenvalue weighted by Gasteiger charge is 2.36. The summed E-state index contributed by atoms with van der Waals surface area (Å²) in [6.07, 6.45) is 6.08. The second-order valence-corrected chi connectivity index (χ2v) is 8.09. The molecular formula is C21H27F3N6O. The average molecular weight is 436 g/mol. The minimum absolute atomic E-state index is 0.181. The highest BCUT2D eigenvalue weighted by molar-refractivity contribution is 5.99. The molecule has 0 aliphatic carbocycles. The van der Waals surface area contributed by atoms with Crippen LogP contribution in [-0.4, -0.2) is 73.8 Å². The maximum Gasteiger partial charge on any atom is 0.434 e. The topological polar surface area (TPSA) is 64.8 Å². The van der Waals surface area contributed by atoms with Gasteiger partial charge in [-0.1, -0.05) is 0 Å². The molecule has 4 rings (SSSR count). The molecule has 0 amide bonds. The number of allylic oxidation sites excluding steroid dienone is 1. The molecule has 0 aromatic rings. The number of hydrogen-bond donors (Lipinski definition) is 1. The Labute approximate surface area is 179 Å². The highest BCUT2D eigenvalue weighted by Crippen LogP contribution is 2.32. The Hall–Kier alpha value is -2.46. The van der Waals surface area contributed by atoms with Gasteiger partial charge in [0.25, 0.3) is 0 Å². The zero-order valence-electron chi connectivity index (χ0n) is 17.3. The second-order valence-electron chi connectivity index (χ2n) is 8.09. The monoisotopic (exact) mass is 436 g/mol. The summed E-state index contributed by atoms with van der Waals surface area (Å²) in [4.78, 5) is 15.8. The molecule has 31 heavy (non-hydrogen) atoms. The van der Waals surface area contributed by atoms with Gasteiger partial charge in [0, 0.05) is 44.9 Å². The van der Waals surface area contributed by atoms with Crippen molar-refractivity contribution in [2.24, 2.45) is 26.8 Å². The summed E-state index contributed by atoms with van der Waals surface area (Å²) in [5.41, 5.74) is -0.551. The van der Waals surface area contributed by atoms with Crippen LogP contribution >= 0.6 is 0 Å². The summed E-state index contributed by atoms with van der Waals surface area (Å²) in [6, 6.07) is 0. The number of ether oxygens (including phenoxy) is 1. The van der Waals surface area contributed by atoms with E-state index in [0.29, 0.717) is 23.4 Å². The number of halogens is 3. The third-order valence-corrected chi connectivity index (χ3v) is 6.09. The zero-order valence-corrected chi connectivity index (χ0v) is 17.3. The van der Waals surface area contributed by atoms with Gasteiger partial charge in [-0.15, -0.1) is 0 Å². The van der Waals surface area contributed by atoms with Crippen LogP contribution in [0.1, 0.15) is 19.3 Å². The van der Waals surface area contributed by atoms with Gasteiger partial charge >= 0.3 is 6.18 Å². The van der Waals surface area contributed by atoms with Crippen molar-refractivity contribution in [2.45, 2.75) is 31.6 Å². The quantitative estimate of drug-likeness (QED) is 0.674. The molecule has 3 unspecified atom stereocenters. The lowest BCUT2D eigenvalue weighted by molar-refractivity contribution is -0.0935. The van der Waals surface area contributed by atoms with E-state index in [9.17, 15) is 13.2 Å². The molecule has 3 atom stereocenters. The van der Waals surface area contributed by atoms with Crippen molar-refractivity contribution in [3.8, 4) is 0 Å². The fraction of sp³-hybridized carbons (Fsp3) is 0.571. The fourth-order valence-corrected chi connectivity index (χ4v) is 4.49. The molecule has 0 spiro atoms. The first-order valence-electron chi connectivity index (χ1n) is 10.5. The molecule has 7 nitrogen and oxygen atoms in total. The van der Waals surface area contributed by atoms with Crippen molar-refractivity contribution in [3.63, 3.8) is 0 Å². The van der Waals surface area contributed by atoms with E-state index in [-0.39, 0.29) is 12.7 Å². The summed E-state index contributed by atoms with van der Waals surface area (Å²) in [5, 5.41) is 3.06. The number of likely N-dealkylation sites (tertiary alicyclic amines) is 1. The number of rotatable bonds is 5. The number of nitrogens with zero attached hydrogens (tertiary/aromatic N) is 5. The van der Waals surface area contributed by atoms with Crippen molar-refractivity contribution in [2.75, 3.05) is 32.8 Å². The van der Waals surface area contributed by atoms with E-state index in [1.165, 1.54) is 23.7 Å². The van der Waals surface area contributed by atoms with Crippen LogP contribution in [0.15, 0.2) is 51.0 Å². The molecule has 0 aromatic carbocycles. The Kier molecular flexibility index (Phi) is 6.57. The minimum atomic E-state index is -4.53. The van der Waals surface area contributed by atoms with E-state index >= 15 is 0 Å². The molecule has 4 aliphatic heterocycles. The van der Waals surface area contributed by atoms with Gasteiger partial charge < -0.3 is 15.0 Å². The first-order valence-corrected chi connectivity index (χ1v) is 10.5. The Balaban J connectivity index is 1.52. The Morgan fingerprint density at radius 2 is 2.19 bits per heavy atom. The summed E-state index contributed by atoms with van der Waals surface area (Å²) in [6.45, 7) is 7.19. The maximum absolute atomic E-state index is 13.1. The largest absolute Gasteiger partial charge is 0.434 e. The first-order chi connectivity index (χ1) is 15.0. The molecule has 4 heterocycles. The standard InChI is InChI=1S/C21H27F3N6O/c1-25-11-17(29-9-7-26-18(13-29)21(22,23)24)20-27-6-4-19(28-20)30-8-2-3-15(12-30)16-5-10-31-14-16/h4,6-7,11,13,15-16,19H,1-3,5,8-10,12,14H2,(H,27,28)/b17-11-. The van der Waals surface area contributed by atoms with Crippen LogP contribution in [-0.2, 0) is 4.74 Å². The van der Waals surface area contributed by atoms with E-state index < -0.39 is 11.9 Å². The van der Waals surface area contributed by atoms with Crippen molar-refractivity contribution in [1.29, 1.82) is 0 Å². The molecule has 2 saturated heterocycles. The van der Waals surface area contributed by atoms with Crippen LogP contribution in [0.3, 0.4) is 0 Å². The third kappa shape index (κ3) is 5.07. The average Bonchev–Trinajstić information content (AvgIpc) is 3.32. The Morgan fingerprint density at radius 3 is 2.94 bits per heavy atom. The first kappa shape index (κ1) is 21.8. The highest BCUT2D eigenvalue weighted by atomic mass is 19.4. The van der Waals surface area contributed by atoms with E-state index in [1.54, 1.807) is 6.20 Å². The van der Waals surface area contributed by atoms with Gasteiger partial charge in [0.15, 0.2) is 11.5 Å². The van der Waals surface area contributed by atoms with Crippen molar-refractivity contribution in [3.05, 3.63) is 36.1 Å². The maximum atomic E-state index is 13.1. The smallest absolute Gasteiger partial charge is 0.381 e. The van der Waals surface area contributed by atoms with Crippen LogP contribution in [0.5, 0.6) is 0 Å². The van der Waals surface area contributed by atoms with Gasteiger partial charge in [-0.05, 0) is 43.9 Å². The van der Waals surface area contributed by atoms with Gasteiger partial charge in [-0.2, -0.15) is 13.2 Å². The normalized spacial score (nSPS) is 30.1. The van der Waals surface area contributed by atoms with Gasteiger partial charge in [-0.25, -0.2) is 4.99 Å². The minimum Gasteiger partial charge on any atom is -0.381 e. The molecule has 0 radical (unpaired) electrons. The van der Waals surface area contributed by atoms with Gasteiger partial charge in [0.05, 0.1) is 12.7 Å². The molecule has 10 heteroatoms. The molecular weight excluding hydrogens is 409 g/mol. The number of nitrogens with one attached hydrogen (secondary N) is 1. The van der Waals surface area contributed by atoms with Crippen LogP contribution in [0.4, 0.5) is 13.2 Å². The van der Waals surface area contributed by atoms with Crippen LogP contribution in [0.25, 0.3) is 0 Å². The molecule has 1 N–H and O–H groups in total. The van der Waals surface area contributed by atoms with Crippen molar-refractivity contribution in [1.82, 2.24) is 15.1 Å². The predicted octanol–water partition coefficient (Wildman–Crippen LogP) is 2.91. The summed E-state index contributed by atoms with van der Waals surface area (Å²) in [7, 11) is 0. The molecule has 0 aromatic heterocycles. The summed E-state index contributed by atoms with van der Waals surface area (Å²) in [5.74, 6) is 1.63. The van der Waals surface area contributed by atoms with Crippen LogP contribution in [0, 0.1) is 11.8 Å². The number of hydrogen-bond acceptors (Lipinski definition) is 7. The Bertz CT molecular complexity index is 825. The number of piperidine rings is 1. The Morgan fingerprint density at radius 1 is 1.32 bits per heavy atom. The molecule has 2 fully saturated rings. The second kappa shape index (κ2) is 9.35. The third-order valence-electron chi connectivity index (χ3n) is 6.09. The van der Waals surface area contributed by atoms with E-state index in [4.69, 9.17) is 9.73 Å². The van der Waals surface area contributed by atoms with E-state index in [0.717, 1.165) is 45.3 Å². The number of aliphatic imine (C=N–C) groups is 3. The van der Waals surface area contributed by atoms with Crippen molar-refractivity contribution >= 4 is 18.8 Å². The summed E-state index contributed by atoms with van der Waals surface area (Å²) >= 11 is 0. The summed E-state index contributed by atoms with van der Waals surface area (Å²) < 4.78 is 45.0. The molecule has 4 aliphatic rings. The van der Waals surface area contributed by atoms with E-state index in [2.05, 4.69) is 26.9 Å². The van der Waals surface area contributed by atoms with Gasteiger partial charge in [0.2, 0.25) is 0 Å². The molecule has 0 bridgehead atoms. The number of amidine groups is 1. The predicted molar refractivity (Wildman–Crippen MR) is 114 cm³/mol. The lowest BCUT2D eigenvalue weighted by Gasteiger charge is -2.38. The SMILES string of the molecule is C=N/C=C(/C1=NC(N2CCCC(C3CCOC3)C2)C=CN1)N1C=C(C(F)(F)F)N=CC1. The van der Waals surface area contributed by atoms with Gasteiger partial charge in [0.1, 0.15) is 11.9 Å². The zero-order chi connectivity index (χ0) is 21.8. The molecule has 0 saturated carbocycles. The number of alkyl halides is 3. The van der Waals surface area contributed by atoms with Gasteiger partial charge in [-0.3, -0.25) is 14.9 Å². The van der Waals surface area contributed by atoms with Crippen molar-refractivity contribution < 1.29 is 17.9 Å². The lowest BCUT2D eigenvalue weighted by Crippen LogP contribution is -2.46. The lowest BCUT2D eigenvalue weighted by atomic mass is 9.85. The van der Waals surface area contributed by atoms with Crippen LogP contribution < -0.4 is 5.32 Å². The van der Waals surface area contributed by atoms with E-state index in [1.807, 2.05) is 6.08 Å². The van der Waals surface area contributed by atoms with Crippen LogP contribution in [0.2, 0.25) is 0 Å². The fourth-order valence-electron chi connectivity index (χ4n) is 4.49.